The zero-order valence-corrected chi connectivity index (χ0v) is 7.20. The van der Waals surface area contributed by atoms with E-state index in [-0.39, 0.29) is 12.3 Å². The van der Waals surface area contributed by atoms with Gasteiger partial charge in [-0.3, -0.25) is 14.9 Å². The Bertz CT molecular complexity index is 196. The van der Waals surface area contributed by atoms with Crippen LogP contribution < -0.4 is 5.32 Å². The molecule has 2 atom stereocenters. The summed E-state index contributed by atoms with van der Waals surface area (Å²) in [4.78, 5) is 20.3. The second kappa shape index (κ2) is 3.27. The standard InChI is InChI=1S/C5H7BrN2O3/c6-3-1-7-2-4(5(3)9)8(10)11/h3-4,7H,1-2H2. The van der Waals surface area contributed by atoms with Crippen molar-refractivity contribution in [1.29, 1.82) is 0 Å². The maximum absolute atomic E-state index is 11.0. The smallest absolute Gasteiger partial charge is 0.283 e. The largest absolute Gasteiger partial charge is 0.308 e. The number of hydrogen-bond donors (Lipinski definition) is 1. The summed E-state index contributed by atoms with van der Waals surface area (Å²) in [7, 11) is 0. The maximum Gasteiger partial charge on any atom is 0.283 e. The molecule has 1 rings (SSSR count). The predicted molar refractivity (Wildman–Crippen MR) is 41.4 cm³/mol. The molecule has 0 aromatic rings. The molecule has 0 amide bonds. The van der Waals surface area contributed by atoms with Crippen LogP contribution in [0.5, 0.6) is 0 Å². The molecule has 0 bridgehead atoms. The molecule has 0 spiro atoms. The number of alkyl halides is 1. The lowest BCUT2D eigenvalue weighted by atomic mass is 10.1. The van der Waals surface area contributed by atoms with Crippen molar-refractivity contribution < 1.29 is 9.72 Å². The predicted octanol–water partition coefficient (Wildman–Crippen LogP) is -0.433. The van der Waals surface area contributed by atoms with Crippen LogP contribution in [0.15, 0.2) is 0 Å². The van der Waals surface area contributed by atoms with Gasteiger partial charge in [-0.25, -0.2) is 0 Å². The number of hydrogen-bond acceptors (Lipinski definition) is 4. The lowest BCUT2D eigenvalue weighted by molar-refractivity contribution is -0.506. The fourth-order valence-corrected chi connectivity index (χ4v) is 1.47. The SMILES string of the molecule is O=C1C(Br)CNCC1[N+](=O)[O-]. The first-order chi connectivity index (χ1) is 5.13. The van der Waals surface area contributed by atoms with E-state index in [1.54, 1.807) is 0 Å². The van der Waals surface area contributed by atoms with Crippen LogP contribution in [0.2, 0.25) is 0 Å². The molecule has 62 valence electrons. The quantitative estimate of drug-likeness (QED) is 0.372. The molecule has 1 N–H and O–H groups in total. The number of halogens is 1. The van der Waals surface area contributed by atoms with E-state index in [1.165, 1.54) is 0 Å². The van der Waals surface area contributed by atoms with Gasteiger partial charge in [0.15, 0.2) is 0 Å². The summed E-state index contributed by atoms with van der Waals surface area (Å²) in [6.07, 6.45) is 0. The van der Waals surface area contributed by atoms with Crippen molar-refractivity contribution in [3.63, 3.8) is 0 Å². The van der Waals surface area contributed by atoms with Crippen molar-refractivity contribution in [2.24, 2.45) is 0 Å². The lowest BCUT2D eigenvalue weighted by Crippen LogP contribution is -2.51. The Morgan fingerprint density at radius 3 is 2.73 bits per heavy atom. The number of ketones is 1. The van der Waals surface area contributed by atoms with Crippen molar-refractivity contribution >= 4 is 21.7 Å². The summed E-state index contributed by atoms with van der Waals surface area (Å²) in [5.74, 6) is -0.339. The third-order valence-electron chi connectivity index (χ3n) is 1.55. The third-order valence-corrected chi connectivity index (χ3v) is 2.33. The summed E-state index contributed by atoms with van der Waals surface area (Å²) < 4.78 is 0. The molecule has 0 aromatic heterocycles. The van der Waals surface area contributed by atoms with Crippen LogP contribution in [0, 0.1) is 10.1 Å². The number of nitrogens with one attached hydrogen (secondary N) is 1. The van der Waals surface area contributed by atoms with Crippen LogP contribution in [0.25, 0.3) is 0 Å². The van der Waals surface area contributed by atoms with Gasteiger partial charge in [-0.2, -0.15) is 0 Å². The van der Waals surface area contributed by atoms with E-state index in [1.807, 2.05) is 0 Å². The van der Waals surface area contributed by atoms with E-state index < -0.39 is 15.8 Å². The minimum absolute atomic E-state index is 0.147. The molecular formula is C5H7BrN2O3. The first-order valence-electron chi connectivity index (χ1n) is 3.15. The van der Waals surface area contributed by atoms with Gasteiger partial charge in [0.2, 0.25) is 5.78 Å². The molecule has 0 radical (unpaired) electrons. The van der Waals surface area contributed by atoms with Gasteiger partial charge in [-0.1, -0.05) is 15.9 Å². The topological polar surface area (TPSA) is 72.2 Å². The molecule has 1 aliphatic heterocycles. The summed E-state index contributed by atoms with van der Waals surface area (Å²) in [6.45, 7) is 0.622. The number of nitro groups is 1. The van der Waals surface area contributed by atoms with Gasteiger partial charge in [0.25, 0.3) is 6.04 Å². The van der Waals surface area contributed by atoms with Crippen LogP contribution in [0.4, 0.5) is 0 Å². The Morgan fingerprint density at radius 2 is 2.27 bits per heavy atom. The van der Waals surface area contributed by atoms with Crippen LogP contribution in [0.1, 0.15) is 0 Å². The minimum Gasteiger partial charge on any atom is -0.308 e. The molecule has 1 saturated heterocycles. The summed E-state index contributed by atoms with van der Waals surface area (Å²) in [5.41, 5.74) is 0. The summed E-state index contributed by atoms with van der Waals surface area (Å²) in [5, 5.41) is 13.0. The van der Waals surface area contributed by atoms with Crippen molar-refractivity contribution in [2.45, 2.75) is 10.9 Å². The van der Waals surface area contributed by atoms with E-state index in [2.05, 4.69) is 21.2 Å². The number of Topliss-reactive ketones (excluding diaryl/α,β-unsaturated/α-hetero) is 1. The molecule has 0 aromatic carbocycles. The third kappa shape index (κ3) is 1.75. The first-order valence-corrected chi connectivity index (χ1v) is 4.06. The maximum atomic E-state index is 11.0. The van der Waals surface area contributed by atoms with Crippen molar-refractivity contribution in [2.75, 3.05) is 13.1 Å². The average molecular weight is 223 g/mol. The highest BCUT2D eigenvalue weighted by molar-refractivity contribution is 9.10. The Morgan fingerprint density at radius 1 is 1.64 bits per heavy atom. The Hall–Kier alpha value is -0.490. The highest BCUT2D eigenvalue weighted by atomic mass is 79.9. The van der Waals surface area contributed by atoms with Gasteiger partial charge in [0.1, 0.15) is 0 Å². The molecular weight excluding hydrogens is 216 g/mol. The fourth-order valence-electron chi connectivity index (χ4n) is 0.935. The number of nitrogens with zero attached hydrogens (tertiary/aromatic N) is 1. The van der Waals surface area contributed by atoms with Gasteiger partial charge >= 0.3 is 0 Å². The van der Waals surface area contributed by atoms with Gasteiger partial charge in [0.05, 0.1) is 11.4 Å². The first kappa shape index (κ1) is 8.61. The van der Waals surface area contributed by atoms with Crippen molar-refractivity contribution in [3.05, 3.63) is 10.1 Å². The molecule has 5 nitrogen and oxygen atoms in total. The van der Waals surface area contributed by atoms with Gasteiger partial charge < -0.3 is 5.32 Å². The summed E-state index contributed by atoms with van der Waals surface area (Å²) >= 11 is 3.05. The Kier molecular flexibility index (Phi) is 2.56. The second-order valence-electron chi connectivity index (χ2n) is 2.33. The highest BCUT2D eigenvalue weighted by Gasteiger charge is 2.37. The number of piperidine rings is 1. The van der Waals surface area contributed by atoms with Gasteiger partial charge in [-0.05, 0) is 0 Å². The van der Waals surface area contributed by atoms with E-state index in [0.717, 1.165) is 0 Å². The zero-order valence-electron chi connectivity index (χ0n) is 5.62. The molecule has 1 fully saturated rings. The Labute approximate surface area is 71.4 Å². The van der Waals surface area contributed by atoms with Crippen LogP contribution in [0.3, 0.4) is 0 Å². The average Bonchev–Trinajstić information content (AvgIpc) is 1.94. The molecule has 1 aliphatic rings. The van der Waals surface area contributed by atoms with Crippen LogP contribution >= 0.6 is 15.9 Å². The second-order valence-corrected chi connectivity index (χ2v) is 3.43. The van der Waals surface area contributed by atoms with Crippen LogP contribution in [-0.2, 0) is 4.79 Å². The normalized spacial score (nSPS) is 31.9. The van der Waals surface area contributed by atoms with Crippen molar-refractivity contribution in [1.82, 2.24) is 5.32 Å². The molecule has 6 heteroatoms. The Balaban J connectivity index is 2.66. The highest BCUT2D eigenvalue weighted by Crippen LogP contribution is 2.09. The van der Waals surface area contributed by atoms with Crippen molar-refractivity contribution in [3.8, 4) is 0 Å². The fraction of sp³-hybridized carbons (Fsp3) is 0.800. The zero-order chi connectivity index (χ0) is 8.43. The molecule has 11 heavy (non-hydrogen) atoms. The molecule has 1 heterocycles. The molecule has 0 saturated carbocycles. The van der Waals surface area contributed by atoms with E-state index in [4.69, 9.17) is 0 Å². The number of rotatable bonds is 1. The van der Waals surface area contributed by atoms with E-state index in [9.17, 15) is 14.9 Å². The lowest BCUT2D eigenvalue weighted by Gasteiger charge is -2.19. The monoisotopic (exact) mass is 222 g/mol. The molecule has 0 aliphatic carbocycles. The number of carbonyl (C=O) groups is 1. The molecule has 2 unspecified atom stereocenters. The minimum atomic E-state index is -1.08. The van der Waals surface area contributed by atoms with Crippen LogP contribution in [-0.4, -0.2) is 34.7 Å². The number of carbonyl (C=O) groups excluding carboxylic acids is 1. The van der Waals surface area contributed by atoms with E-state index >= 15 is 0 Å². The van der Waals surface area contributed by atoms with Gasteiger partial charge in [-0.15, -0.1) is 0 Å². The van der Waals surface area contributed by atoms with E-state index in [0.29, 0.717) is 6.54 Å². The van der Waals surface area contributed by atoms with Gasteiger partial charge in [0, 0.05) is 11.5 Å². The summed E-state index contributed by atoms with van der Waals surface area (Å²) in [6, 6.07) is -1.08.